The Hall–Kier alpha value is -1.37. The number of aliphatic hydroxyl groups is 1. The average Bonchev–Trinajstić information content (AvgIpc) is 3.03. The van der Waals surface area contributed by atoms with Crippen molar-refractivity contribution in [2.24, 2.45) is 28.6 Å². The summed E-state index contributed by atoms with van der Waals surface area (Å²) in [5.41, 5.74) is 1.02. The molecule has 3 fully saturated rings. The van der Waals surface area contributed by atoms with Gasteiger partial charge in [0.25, 0.3) is 0 Å². The van der Waals surface area contributed by atoms with Crippen LogP contribution in [0.3, 0.4) is 0 Å². The fourth-order valence-electron chi connectivity index (χ4n) is 7.02. The van der Waals surface area contributed by atoms with Gasteiger partial charge in [0.05, 0.1) is 12.7 Å². The number of hydrogen-bond acceptors (Lipinski definition) is 6. The van der Waals surface area contributed by atoms with Gasteiger partial charge >= 0.3 is 5.97 Å². The van der Waals surface area contributed by atoms with Crippen molar-refractivity contribution in [3.05, 3.63) is 24.0 Å². The summed E-state index contributed by atoms with van der Waals surface area (Å²) >= 11 is 0. The summed E-state index contributed by atoms with van der Waals surface area (Å²) in [5, 5.41) is 11.3. The Bertz CT molecular complexity index is 746. The van der Waals surface area contributed by atoms with Gasteiger partial charge in [0.15, 0.2) is 0 Å². The Morgan fingerprint density at radius 1 is 1.29 bits per heavy atom. The Morgan fingerprint density at radius 3 is 2.77 bits per heavy atom. The van der Waals surface area contributed by atoms with Crippen molar-refractivity contribution in [1.82, 2.24) is 0 Å². The lowest BCUT2D eigenvalue weighted by Crippen LogP contribution is -2.57. The topological polar surface area (TPSA) is 74.2 Å². The van der Waals surface area contributed by atoms with Crippen molar-refractivity contribution in [3.63, 3.8) is 0 Å². The number of allylic oxidation sites excluding steroid dienone is 1. The summed E-state index contributed by atoms with van der Waals surface area (Å²) in [6.45, 7) is 12.5. The van der Waals surface area contributed by atoms with Crippen molar-refractivity contribution in [1.29, 1.82) is 0 Å². The fourth-order valence-corrected chi connectivity index (χ4v) is 7.02. The van der Waals surface area contributed by atoms with Gasteiger partial charge in [0, 0.05) is 30.6 Å². The number of fused-ring (bicyclic) bond motifs is 5. The van der Waals surface area contributed by atoms with E-state index in [2.05, 4.69) is 27.4 Å². The molecule has 0 aromatic heterocycles. The van der Waals surface area contributed by atoms with Crippen LogP contribution in [0.1, 0.15) is 72.6 Å². The summed E-state index contributed by atoms with van der Waals surface area (Å²) in [6.07, 6.45) is 7.20. The molecule has 1 saturated heterocycles. The summed E-state index contributed by atoms with van der Waals surface area (Å²) in [6, 6.07) is 0. The Kier molecular flexibility index (Phi) is 6.27. The second kappa shape index (κ2) is 8.53. The van der Waals surface area contributed by atoms with E-state index in [1.165, 1.54) is 12.5 Å². The minimum atomic E-state index is -0.497. The van der Waals surface area contributed by atoms with Crippen LogP contribution >= 0.6 is 0 Å². The van der Waals surface area contributed by atoms with Crippen LogP contribution in [0.15, 0.2) is 24.0 Å². The van der Waals surface area contributed by atoms with E-state index in [1.807, 2.05) is 6.08 Å². The summed E-state index contributed by atoms with van der Waals surface area (Å²) in [7, 11) is 0. The third kappa shape index (κ3) is 3.96. The standard InChI is InChI=1S/C25H38O6/c1-6-7-15(2)30-31-22-13-17-12-20(27)23-18-8-9-21(29-16(3)26)24(18,4)11-10-19(23)25(17,5)14-28-22/h12,18-23,27H,2,6-11,13-14H2,1,3-5H3/t18?,19?,20-,21?,22+,23?,24-,25-/m0/s1. The molecular weight excluding hydrogens is 396 g/mol. The molecule has 0 aromatic carbocycles. The van der Waals surface area contributed by atoms with Crippen molar-refractivity contribution in [2.75, 3.05) is 6.61 Å². The number of aliphatic hydroxyl groups excluding tert-OH is 1. The minimum Gasteiger partial charge on any atom is -0.462 e. The van der Waals surface area contributed by atoms with E-state index in [0.717, 1.165) is 38.5 Å². The van der Waals surface area contributed by atoms with Crippen molar-refractivity contribution >= 4 is 5.97 Å². The fraction of sp³-hybridized carbons (Fsp3) is 0.800. The van der Waals surface area contributed by atoms with Crippen molar-refractivity contribution in [3.8, 4) is 0 Å². The van der Waals surface area contributed by atoms with E-state index in [-0.39, 0.29) is 28.8 Å². The molecule has 1 N–H and O–H groups in total. The second-order valence-corrected chi connectivity index (χ2v) is 10.5. The van der Waals surface area contributed by atoms with Gasteiger partial charge in [-0.05, 0) is 49.9 Å². The SMILES string of the molecule is C=C(CCC)OO[C@@H]1CC2=C[C@H](O)C3C4CCC(OC(C)=O)[C@@]4(C)CCC3[C@@]2(C)CO1. The third-order valence-corrected chi connectivity index (χ3v) is 8.63. The van der Waals surface area contributed by atoms with Crippen LogP contribution < -0.4 is 0 Å². The Morgan fingerprint density at radius 2 is 2.06 bits per heavy atom. The average molecular weight is 435 g/mol. The first-order chi connectivity index (χ1) is 14.7. The molecule has 4 unspecified atom stereocenters. The van der Waals surface area contributed by atoms with Gasteiger partial charge in [-0.2, -0.15) is 4.89 Å². The maximum absolute atomic E-state index is 11.6. The van der Waals surface area contributed by atoms with Crippen LogP contribution in [0.25, 0.3) is 0 Å². The van der Waals surface area contributed by atoms with Crippen LogP contribution in [0.4, 0.5) is 0 Å². The lowest BCUT2D eigenvalue weighted by molar-refractivity contribution is -0.368. The highest BCUT2D eigenvalue weighted by molar-refractivity contribution is 5.66. The molecule has 6 nitrogen and oxygen atoms in total. The van der Waals surface area contributed by atoms with Gasteiger partial charge in [-0.1, -0.05) is 39.0 Å². The molecule has 174 valence electrons. The maximum Gasteiger partial charge on any atom is 0.302 e. The second-order valence-electron chi connectivity index (χ2n) is 10.5. The molecule has 1 aliphatic heterocycles. The quantitative estimate of drug-likeness (QED) is 0.215. The lowest BCUT2D eigenvalue weighted by Gasteiger charge is -2.58. The van der Waals surface area contributed by atoms with Gasteiger partial charge in [-0.15, -0.1) is 0 Å². The number of rotatable bonds is 6. The maximum atomic E-state index is 11.6. The number of carbonyl (C=O) groups is 1. The van der Waals surface area contributed by atoms with Crippen LogP contribution in [0.2, 0.25) is 0 Å². The molecule has 0 amide bonds. The molecule has 4 aliphatic rings. The number of carbonyl (C=O) groups excluding carboxylic acids is 1. The third-order valence-electron chi connectivity index (χ3n) is 8.63. The van der Waals surface area contributed by atoms with Crippen LogP contribution in [0, 0.1) is 28.6 Å². The zero-order valence-corrected chi connectivity index (χ0v) is 19.4. The normalized spacial score (nSPS) is 43.8. The zero-order chi connectivity index (χ0) is 22.4. The van der Waals surface area contributed by atoms with Crippen LogP contribution in [-0.4, -0.2) is 36.2 Å². The van der Waals surface area contributed by atoms with E-state index in [9.17, 15) is 9.90 Å². The number of esters is 1. The highest BCUT2D eigenvalue weighted by atomic mass is 17.2. The number of ether oxygens (including phenoxy) is 2. The molecule has 4 rings (SSSR count). The first kappa shape index (κ1) is 22.8. The van der Waals surface area contributed by atoms with Crippen molar-refractivity contribution < 1.29 is 29.1 Å². The Balaban J connectivity index is 1.50. The molecule has 6 heteroatoms. The minimum absolute atomic E-state index is 0.0462. The number of hydrogen-bond donors (Lipinski definition) is 1. The van der Waals surface area contributed by atoms with E-state index >= 15 is 0 Å². The highest BCUT2D eigenvalue weighted by Crippen LogP contribution is 2.64. The molecule has 0 spiro atoms. The molecule has 8 atom stereocenters. The largest absolute Gasteiger partial charge is 0.462 e. The summed E-state index contributed by atoms with van der Waals surface area (Å²) in [5.74, 6) is 1.24. The zero-order valence-electron chi connectivity index (χ0n) is 19.4. The summed E-state index contributed by atoms with van der Waals surface area (Å²) < 4.78 is 11.8. The monoisotopic (exact) mass is 434 g/mol. The highest BCUT2D eigenvalue weighted by Gasteiger charge is 2.62. The van der Waals surface area contributed by atoms with E-state index < -0.39 is 12.4 Å². The molecule has 0 bridgehead atoms. The predicted molar refractivity (Wildman–Crippen MR) is 115 cm³/mol. The Labute approximate surface area is 185 Å². The molecular formula is C25H38O6. The van der Waals surface area contributed by atoms with Gasteiger partial charge in [0.2, 0.25) is 6.29 Å². The van der Waals surface area contributed by atoms with Gasteiger partial charge < -0.3 is 19.5 Å². The molecule has 0 aromatic rings. The van der Waals surface area contributed by atoms with E-state index in [4.69, 9.17) is 19.2 Å². The van der Waals surface area contributed by atoms with E-state index in [0.29, 0.717) is 30.6 Å². The molecule has 0 radical (unpaired) electrons. The first-order valence-electron chi connectivity index (χ1n) is 11.9. The molecule has 31 heavy (non-hydrogen) atoms. The summed E-state index contributed by atoms with van der Waals surface area (Å²) in [4.78, 5) is 22.5. The van der Waals surface area contributed by atoms with Crippen LogP contribution in [0.5, 0.6) is 0 Å². The molecule has 3 aliphatic carbocycles. The van der Waals surface area contributed by atoms with Crippen molar-refractivity contribution in [2.45, 2.75) is 91.1 Å². The van der Waals surface area contributed by atoms with Gasteiger partial charge in [-0.3, -0.25) is 4.79 Å². The van der Waals surface area contributed by atoms with Gasteiger partial charge in [-0.25, -0.2) is 0 Å². The lowest BCUT2D eigenvalue weighted by atomic mass is 9.49. The molecule has 1 heterocycles. The van der Waals surface area contributed by atoms with E-state index in [1.54, 1.807) is 0 Å². The van der Waals surface area contributed by atoms with Gasteiger partial charge in [0.1, 0.15) is 11.9 Å². The van der Waals surface area contributed by atoms with Crippen LogP contribution in [-0.2, 0) is 24.0 Å². The first-order valence-corrected chi connectivity index (χ1v) is 11.9. The predicted octanol–water partition coefficient (Wildman–Crippen LogP) is 4.68. The smallest absolute Gasteiger partial charge is 0.302 e. The molecule has 2 saturated carbocycles.